The summed E-state index contributed by atoms with van der Waals surface area (Å²) in [5, 5.41) is 30.7. The second kappa shape index (κ2) is 9.71. The lowest BCUT2D eigenvalue weighted by Gasteiger charge is -2.46. The van der Waals surface area contributed by atoms with Crippen molar-refractivity contribution in [3.8, 4) is 0 Å². The number of rotatable bonds is 7. The maximum absolute atomic E-state index is 10.6. The summed E-state index contributed by atoms with van der Waals surface area (Å²) in [6, 6.07) is 0. The summed E-state index contributed by atoms with van der Waals surface area (Å²) in [5.41, 5.74) is 3.49. The van der Waals surface area contributed by atoms with Gasteiger partial charge in [-0.15, -0.1) is 0 Å². The van der Waals surface area contributed by atoms with Crippen LogP contribution in [0.2, 0.25) is 0 Å². The molecule has 3 aliphatic carbocycles. The smallest absolute Gasteiger partial charge is 0.166 e. The Balaban J connectivity index is 1.76. The Kier molecular flexibility index (Phi) is 7.69. The molecule has 170 valence electrons. The van der Waals surface area contributed by atoms with Crippen LogP contribution in [0.25, 0.3) is 0 Å². The van der Waals surface area contributed by atoms with Crippen molar-refractivity contribution in [2.24, 2.45) is 29.1 Å². The van der Waals surface area contributed by atoms with Gasteiger partial charge in [0.15, 0.2) is 5.79 Å². The van der Waals surface area contributed by atoms with Gasteiger partial charge in [0.05, 0.1) is 0 Å². The molecule has 0 saturated heterocycles. The maximum atomic E-state index is 10.6. The highest BCUT2D eigenvalue weighted by Crippen LogP contribution is 2.60. The van der Waals surface area contributed by atoms with E-state index in [2.05, 4.69) is 39.5 Å². The van der Waals surface area contributed by atoms with Gasteiger partial charge in [0.1, 0.15) is 0 Å². The molecule has 3 saturated carbocycles. The molecule has 0 aromatic carbocycles. The molecule has 3 aliphatic rings. The molecule has 3 fully saturated rings. The van der Waals surface area contributed by atoms with Crippen molar-refractivity contribution in [1.82, 2.24) is 0 Å². The first-order chi connectivity index (χ1) is 14.2. The topological polar surface area (TPSA) is 60.7 Å². The van der Waals surface area contributed by atoms with Crippen LogP contribution in [0.4, 0.5) is 0 Å². The average Bonchev–Trinajstić information content (AvgIpc) is 3.09. The van der Waals surface area contributed by atoms with Crippen LogP contribution < -0.4 is 0 Å². The Morgan fingerprint density at radius 3 is 2.53 bits per heavy atom. The van der Waals surface area contributed by atoms with Crippen LogP contribution >= 0.6 is 0 Å². The van der Waals surface area contributed by atoms with Crippen molar-refractivity contribution in [3.05, 3.63) is 35.5 Å². The van der Waals surface area contributed by atoms with E-state index >= 15 is 0 Å². The molecule has 0 radical (unpaired) electrons. The summed E-state index contributed by atoms with van der Waals surface area (Å²) in [4.78, 5) is 0. The van der Waals surface area contributed by atoms with Crippen molar-refractivity contribution in [2.45, 2.75) is 97.2 Å². The number of allylic oxidation sites excluding steroid dienone is 4. The van der Waals surface area contributed by atoms with Crippen molar-refractivity contribution >= 4 is 0 Å². The molecule has 0 spiro atoms. The summed E-state index contributed by atoms with van der Waals surface area (Å²) in [6.45, 7) is 11.5. The highest BCUT2D eigenvalue weighted by Gasteiger charge is 2.53. The number of fused-ring (bicyclic) bond motifs is 1. The van der Waals surface area contributed by atoms with Crippen molar-refractivity contribution in [1.29, 1.82) is 0 Å². The molecule has 0 aromatic heterocycles. The van der Waals surface area contributed by atoms with E-state index < -0.39 is 5.79 Å². The molecule has 0 amide bonds. The van der Waals surface area contributed by atoms with Gasteiger partial charge in [-0.3, -0.25) is 0 Å². The average molecular weight is 417 g/mol. The minimum Gasteiger partial charge on any atom is -0.396 e. The largest absolute Gasteiger partial charge is 0.396 e. The fourth-order valence-corrected chi connectivity index (χ4v) is 6.71. The molecule has 3 rings (SSSR count). The van der Waals surface area contributed by atoms with Gasteiger partial charge in [-0.25, -0.2) is 0 Å². The van der Waals surface area contributed by atoms with Gasteiger partial charge in [-0.1, -0.05) is 69.9 Å². The monoisotopic (exact) mass is 416 g/mol. The van der Waals surface area contributed by atoms with Gasteiger partial charge in [0.25, 0.3) is 0 Å². The lowest BCUT2D eigenvalue weighted by atomic mass is 9.60. The van der Waals surface area contributed by atoms with Gasteiger partial charge in [-0.2, -0.15) is 0 Å². The molecular formula is C27H44O3. The molecular weight excluding hydrogens is 372 g/mol. The summed E-state index contributed by atoms with van der Waals surface area (Å²) in [7, 11) is 0. The van der Waals surface area contributed by atoms with Gasteiger partial charge in [-0.05, 0) is 67.8 Å². The van der Waals surface area contributed by atoms with Crippen LogP contribution in [0.3, 0.4) is 0 Å². The Hall–Kier alpha value is -0.900. The Bertz CT molecular complexity index is 672. The first-order valence-corrected chi connectivity index (χ1v) is 12.3. The first kappa shape index (κ1) is 23.8. The van der Waals surface area contributed by atoms with Gasteiger partial charge in [0.2, 0.25) is 0 Å². The van der Waals surface area contributed by atoms with Crippen LogP contribution in [-0.4, -0.2) is 27.7 Å². The van der Waals surface area contributed by atoms with Crippen molar-refractivity contribution in [3.63, 3.8) is 0 Å². The molecule has 4 atom stereocenters. The number of aliphatic hydroxyl groups is 3. The van der Waals surface area contributed by atoms with E-state index in [1.165, 1.54) is 37.7 Å². The van der Waals surface area contributed by atoms with E-state index in [1.807, 2.05) is 0 Å². The van der Waals surface area contributed by atoms with E-state index in [9.17, 15) is 15.3 Å². The fraction of sp³-hybridized carbons (Fsp3) is 0.778. The summed E-state index contributed by atoms with van der Waals surface area (Å²) in [5.74, 6) is 0.917. The SMILES string of the molecule is C=C1CCC(O)(O)C/C1=C/C=C1\CCC[C@@]2(CO)[C@@H]([C@H](C)CCCC(C)C)CC[C@@H]12. The first-order valence-electron chi connectivity index (χ1n) is 12.3. The van der Waals surface area contributed by atoms with E-state index in [0.717, 1.165) is 36.3 Å². The third-order valence-electron chi connectivity index (χ3n) is 8.43. The van der Waals surface area contributed by atoms with Gasteiger partial charge >= 0.3 is 0 Å². The Morgan fingerprint density at radius 1 is 1.07 bits per heavy atom. The molecule has 0 heterocycles. The summed E-state index contributed by atoms with van der Waals surface area (Å²) < 4.78 is 0. The van der Waals surface area contributed by atoms with E-state index in [-0.39, 0.29) is 11.8 Å². The Labute approximate surface area is 184 Å². The maximum Gasteiger partial charge on any atom is 0.166 e. The van der Waals surface area contributed by atoms with Crippen molar-refractivity contribution < 1.29 is 15.3 Å². The molecule has 30 heavy (non-hydrogen) atoms. The van der Waals surface area contributed by atoms with Crippen molar-refractivity contribution in [2.75, 3.05) is 6.61 Å². The summed E-state index contributed by atoms with van der Waals surface area (Å²) >= 11 is 0. The Morgan fingerprint density at radius 2 is 1.83 bits per heavy atom. The minimum absolute atomic E-state index is 0.0428. The number of hydrogen-bond donors (Lipinski definition) is 3. The third kappa shape index (κ3) is 5.11. The molecule has 3 heteroatoms. The third-order valence-corrected chi connectivity index (χ3v) is 8.43. The standard InChI is InChI=1S/C27H44O3/c1-19(2)7-5-8-21(4)24-12-13-25-22(9-6-15-26(24,25)18-28)10-11-23-17-27(29,30)16-14-20(23)3/h10-11,19,21,24-25,28-30H,3,5-9,12-18H2,1-2,4H3/b22-10+,23-11-/t21-,24-,25+,26-/m1/s1. The quantitative estimate of drug-likeness (QED) is 0.452. The van der Waals surface area contributed by atoms with E-state index in [0.29, 0.717) is 37.2 Å². The highest BCUT2D eigenvalue weighted by atomic mass is 16.5. The lowest BCUT2D eigenvalue weighted by molar-refractivity contribution is -0.166. The molecule has 0 aliphatic heterocycles. The number of hydrogen-bond acceptors (Lipinski definition) is 3. The number of aliphatic hydroxyl groups excluding tert-OH is 1. The molecule has 3 N–H and O–H groups in total. The van der Waals surface area contributed by atoms with Crippen LogP contribution in [0.1, 0.15) is 91.4 Å². The predicted molar refractivity (Wildman–Crippen MR) is 124 cm³/mol. The lowest BCUT2D eigenvalue weighted by Crippen LogP contribution is -2.41. The molecule has 3 nitrogen and oxygen atoms in total. The fourth-order valence-electron chi connectivity index (χ4n) is 6.71. The van der Waals surface area contributed by atoms with Crippen LogP contribution in [-0.2, 0) is 0 Å². The molecule has 0 unspecified atom stereocenters. The second-order valence-electron chi connectivity index (χ2n) is 11.0. The minimum atomic E-state index is -1.60. The van der Waals surface area contributed by atoms with E-state index in [1.54, 1.807) is 0 Å². The van der Waals surface area contributed by atoms with Gasteiger partial charge in [0, 0.05) is 24.9 Å². The van der Waals surface area contributed by atoms with Crippen LogP contribution in [0, 0.1) is 29.1 Å². The van der Waals surface area contributed by atoms with E-state index in [4.69, 9.17) is 0 Å². The van der Waals surface area contributed by atoms with Gasteiger partial charge < -0.3 is 15.3 Å². The zero-order chi connectivity index (χ0) is 21.9. The zero-order valence-electron chi connectivity index (χ0n) is 19.5. The van der Waals surface area contributed by atoms with Crippen LogP contribution in [0.5, 0.6) is 0 Å². The molecule has 0 aromatic rings. The van der Waals surface area contributed by atoms with Crippen LogP contribution in [0.15, 0.2) is 35.5 Å². The predicted octanol–water partition coefficient (Wildman–Crippen LogP) is 5.91. The zero-order valence-corrected chi connectivity index (χ0v) is 19.5. The molecule has 0 bridgehead atoms. The summed E-state index contributed by atoms with van der Waals surface area (Å²) in [6.07, 6.45) is 15.3. The normalized spacial score (nSPS) is 35.2. The highest BCUT2D eigenvalue weighted by molar-refractivity contribution is 5.37. The second-order valence-corrected chi connectivity index (χ2v) is 11.0.